The van der Waals surface area contributed by atoms with E-state index in [0.29, 0.717) is 26.1 Å². The molecule has 0 bridgehead atoms. The first-order chi connectivity index (χ1) is 19.3. The Morgan fingerprint density at radius 1 is 0.475 bits per heavy atom. The number of hydrogen-bond donors (Lipinski definition) is 0. The van der Waals surface area contributed by atoms with E-state index < -0.39 is 33.0 Å². The van der Waals surface area contributed by atoms with Crippen LogP contribution in [0.25, 0.3) is 0 Å². The van der Waals surface area contributed by atoms with E-state index in [1.54, 1.807) is 0 Å². The van der Waals surface area contributed by atoms with Crippen molar-refractivity contribution in [3.63, 3.8) is 0 Å². The molecule has 10 nitrogen and oxygen atoms in total. The van der Waals surface area contributed by atoms with Gasteiger partial charge in [0.1, 0.15) is 12.2 Å². The predicted molar refractivity (Wildman–Crippen MR) is 156 cm³/mol. The molecule has 1 aliphatic rings. The maximum atomic E-state index is 12.5. The molecule has 2 unspecified atom stereocenters. The van der Waals surface area contributed by atoms with Crippen LogP contribution in [-0.4, -0.2) is 68.7 Å². The summed E-state index contributed by atoms with van der Waals surface area (Å²) in [6.07, 6.45) is 16.5. The van der Waals surface area contributed by atoms with Crippen LogP contribution in [0.1, 0.15) is 129 Å². The Labute approximate surface area is 244 Å². The zero-order chi connectivity index (χ0) is 29.4. The maximum absolute atomic E-state index is 12.5. The molecule has 0 saturated carbocycles. The Morgan fingerprint density at radius 2 is 0.800 bits per heavy atom. The molecule has 12 heteroatoms. The van der Waals surface area contributed by atoms with Crippen molar-refractivity contribution < 1.29 is 43.0 Å². The third kappa shape index (κ3) is 22.3. The number of ether oxygens (including phenoxy) is 3. The molecule has 0 aromatic rings. The summed E-state index contributed by atoms with van der Waals surface area (Å²) in [5.41, 5.74) is 0. The summed E-state index contributed by atoms with van der Waals surface area (Å²) in [5, 5.41) is 0. The van der Waals surface area contributed by atoms with Gasteiger partial charge in [-0.2, -0.15) is 16.8 Å². The lowest BCUT2D eigenvalue weighted by atomic mass is 10.1. The first-order valence-corrected chi connectivity index (χ1v) is 18.3. The highest BCUT2D eigenvalue weighted by Gasteiger charge is 2.31. The molecule has 0 radical (unpaired) electrons. The van der Waals surface area contributed by atoms with Crippen molar-refractivity contribution in [2.45, 2.75) is 142 Å². The summed E-state index contributed by atoms with van der Waals surface area (Å²) in [6, 6.07) is 0. The molecule has 0 aromatic heterocycles. The van der Waals surface area contributed by atoms with Gasteiger partial charge in [-0.25, -0.2) is 8.37 Å². The fourth-order valence-electron chi connectivity index (χ4n) is 4.57. The molecular formula is C28H56O10S2. The third-order valence-electron chi connectivity index (χ3n) is 6.79. The average Bonchev–Trinajstić information content (AvgIpc) is 2.88. The van der Waals surface area contributed by atoms with Gasteiger partial charge >= 0.3 is 20.8 Å². The van der Waals surface area contributed by atoms with E-state index in [2.05, 4.69) is 17.5 Å². The highest BCUT2D eigenvalue weighted by atomic mass is 32.3. The predicted octanol–water partition coefficient (Wildman–Crippen LogP) is 6.39. The first kappa shape index (κ1) is 37.7. The second-order valence-corrected chi connectivity index (χ2v) is 13.2. The fourth-order valence-corrected chi connectivity index (χ4v) is 6.61. The monoisotopic (exact) mass is 616 g/mol. The molecule has 0 N–H and O–H groups in total. The lowest BCUT2D eigenvalue weighted by Gasteiger charge is -2.20. The van der Waals surface area contributed by atoms with E-state index in [0.717, 1.165) is 51.4 Å². The van der Waals surface area contributed by atoms with Gasteiger partial charge in [0.05, 0.1) is 39.6 Å². The Bertz CT molecular complexity index is 725. The summed E-state index contributed by atoms with van der Waals surface area (Å²) in [7, 11) is -9.78. The van der Waals surface area contributed by atoms with E-state index in [1.807, 2.05) is 0 Å². The van der Waals surface area contributed by atoms with Gasteiger partial charge in [0.2, 0.25) is 0 Å². The van der Waals surface area contributed by atoms with Crippen LogP contribution in [0, 0.1) is 0 Å². The second kappa shape index (κ2) is 24.1. The summed E-state index contributed by atoms with van der Waals surface area (Å²) in [4.78, 5) is 0. The highest BCUT2D eigenvalue weighted by Crippen LogP contribution is 2.19. The molecule has 1 heterocycles. The SMILES string of the molecule is CCCCCCCCCCC1COCCOCCOCC(CCCCCCCCCC)OS(=O)(=O)OS(=O)(=O)O1. The molecule has 40 heavy (non-hydrogen) atoms. The van der Waals surface area contributed by atoms with E-state index in [9.17, 15) is 16.8 Å². The van der Waals surface area contributed by atoms with E-state index in [4.69, 9.17) is 22.6 Å². The molecule has 0 amide bonds. The van der Waals surface area contributed by atoms with E-state index in [1.165, 1.54) is 51.4 Å². The first-order valence-electron chi connectivity index (χ1n) is 15.6. The minimum atomic E-state index is -4.89. The normalized spacial score (nSPS) is 23.1. The zero-order valence-corrected chi connectivity index (χ0v) is 26.7. The van der Waals surface area contributed by atoms with E-state index >= 15 is 0 Å². The molecule has 0 spiro atoms. The Morgan fingerprint density at radius 3 is 1.18 bits per heavy atom. The van der Waals surface area contributed by atoms with Crippen LogP contribution in [-0.2, 0) is 47.0 Å². The summed E-state index contributed by atoms with van der Waals surface area (Å²) in [6.45, 7) is 5.46. The Hall–Kier alpha value is -0.340. The molecule has 1 rings (SSSR count). The smallest absolute Gasteiger partial charge is 0.377 e. The summed E-state index contributed by atoms with van der Waals surface area (Å²) in [5.74, 6) is 0. The van der Waals surface area contributed by atoms with Gasteiger partial charge in [0.15, 0.2) is 0 Å². The van der Waals surface area contributed by atoms with Crippen LogP contribution in [0.5, 0.6) is 0 Å². The van der Waals surface area contributed by atoms with Crippen LogP contribution in [0.4, 0.5) is 0 Å². The van der Waals surface area contributed by atoms with Crippen LogP contribution in [0.2, 0.25) is 0 Å². The van der Waals surface area contributed by atoms with Crippen molar-refractivity contribution >= 4 is 20.8 Å². The average molecular weight is 617 g/mol. The van der Waals surface area contributed by atoms with Gasteiger partial charge in [-0.15, -0.1) is 3.63 Å². The molecule has 1 aliphatic heterocycles. The van der Waals surface area contributed by atoms with Gasteiger partial charge in [0.25, 0.3) is 0 Å². The number of rotatable bonds is 18. The van der Waals surface area contributed by atoms with Crippen molar-refractivity contribution in [2.24, 2.45) is 0 Å². The molecule has 1 saturated heterocycles. The molecule has 240 valence electrons. The summed E-state index contributed by atoms with van der Waals surface area (Å²) < 4.78 is 81.3. The largest absolute Gasteiger partial charge is 0.416 e. The quantitative estimate of drug-likeness (QED) is 0.160. The van der Waals surface area contributed by atoms with Crippen LogP contribution in [0.3, 0.4) is 0 Å². The lowest BCUT2D eigenvalue weighted by molar-refractivity contribution is -0.0206. The zero-order valence-electron chi connectivity index (χ0n) is 25.0. The minimum absolute atomic E-state index is 0.0269. The van der Waals surface area contributed by atoms with Gasteiger partial charge in [0, 0.05) is 0 Å². The fraction of sp³-hybridized carbons (Fsp3) is 1.00. The van der Waals surface area contributed by atoms with Crippen molar-refractivity contribution in [1.29, 1.82) is 0 Å². The van der Waals surface area contributed by atoms with Gasteiger partial charge < -0.3 is 14.2 Å². The molecule has 0 aromatic carbocycles. The second-order valence-electron chi connectivity index (χ2n) is 10.6. The van der Waals surface area contributed by atoms with Gasteiger partial charge in [-0.1, -0.05) is 117 Å². The number of unbranched alkanes of at least 4 members (excludes halogenated alkanes) is 14. The van der Waals surface area contributed by atoms with Crippen LogP contribution >= 0.6 is 0 Å². The van der Waals surface area contributed by atoms with E-state index in [-0.39, 0.29) is 26.4 Å². The topological polar surface area (TPSA) is 124 Å². The molecular weight excluding hydrogens is 560 g/mol. The Kier molecular flexibility index (Phi) is 22.7. The van der Waals surface area contributed by atoms with Crippen molar-refractivity contribution in [2.75, 3.05) is 39.6 Å². The standard InChI is InChI=1S/C28H56O10S2/c1-3-5-7-9-11-13-15-17-19-27-25-34-23-21-33-22-24-35-26-28(20-18-16-14-12-10-8-6-4-2)37-40(31,32)38-39(29,30)36-27/h27-28H,3-26H2,1-2H3. The maximum Gasteiger partial charge on any atom is 0.416 e. The lowest BCUT2D eigenvalue weighted by Crippen LogP contribution is -2.31. The van der Waals surface area contributed by atoms with Gasteiger partial charge in [-0.3, -0.25) is 0 Å². The minimum Gasteiger partial charge on any atom is -0.377 e. The number of hydrogen-bond acceptors (Lipinski definition) is 10. The van der Waals surface area contributed by atoms with Crippen LogP contribution < -0.4 is 0 Å². The highest BCUT2D eigenvalue weighted by molar-refractivity contribution is 7.95. The molecule has 2 atom stereocenters. The third-order valence-corrected chi connectivity index (χ3v) is 9.13. The van der Waals surface area contributed by atoms with Crippen molar-refractivity contribution in [3.05, 3.63) is 0 Å². The molecule has 0 aliphatic carbocycles. The van der Waals surface area contributed by atoms with Crippen molar-refractivity contribution in [3.8, 4) is 0 Å². The van der Waals surface area contributed by atoms with Gasteiger partial charge in [-0.05, 0) is 12.8 Å². The van der Waals surface area contributed by atoms with Crippen LogP contribution in [0.15, 0.2) is 0 Å². The Balaban J connectivity index is 2.63. The molecule has 1 fully saturated rings. The van der Waals surface area contributed by atoms with Crippen molar-refractivity contribution in [1.82, 2.24) is 0 Å². The summed E-state index contributed by atoms with van der Waals surface area (Å²) >= 11 is 0.